The number of anilines is 1. The number of carbonyl (C=O) groups is 2. The predicted molar refractivity (Wildman–Crippen MR) is 113 cm³/mol. The highest BCUT2D eigenvalue weighted by Crippen LogP contribution is 2.42. The van der Waals surface area contributed by atoms with E-state index in [0.717, 1.165) is 29.9 Å². The Bertz CT molecular complexity index is 1070. The fourth-order valence-electron chi connectivity index (χ4n) is 4.21. The van der Waals surface area contributed by atoms with Gasteiger partial charge >= 0.3 is 6.03 Å². The van der Waals surface area contributed by atoms with Gasteiger partial charge in [-0.1, -0.05) is 12.1 Å². The minimum atomic E-state index is -0.396. The largest absolute Gasteiger partial charge is 0.467 e. The summed E-state index contributed by atoms with van der Waals surface area (Å²) in [5, 5.41) is 2.84. The zero-order chi connectivity index (χ0) is 20.7. The molecule has 0 bridgehead atoms. The van der Waals surface area contributed by atoms with Crippen LogP contribution in [0.1, 0.15) is 37.3 Å². The van der Waals surface area contributed by atoms with E-state index in [4.69, 9.17) is 4.42 Å². The number of nitrogens with zero attached hydrogens (tertiary/aromatic N) is 3. The highest BCUT2D eigenvalue weighted by atomic mass is 16.3. The van der Waals surface area contributed by atoms with E-state index >= 15 is 0 Å². The minimum Gasteiger partial charge on any atom is -0.467 e. The molecule has 1 fully saturated rings. The lowest BCUT2D eigenvalue weighted by molar-refractivity contribution is -0.119. The summed E-state index contributed by atoms with van der Waals surface area (Å²) in [6.45, 7) is 2.45. The molecule has 0 spiro atoms. The number of hydrogen-bond donors (Lipinski definition) is 1. The number of fused-ring (bicyclic) bond motifs is 3. The number of amides is 3. The first-order valence-corrected chi connectivity index (χ1v) is 10.4. The third-order valence-corrected chi connectivity index (χ3v) is 5.68. The molecule has 0 radical (unpaired) electrons. The number of urea groups is 1. The summed E-state index contributed by atoms with van der Waals surface area (Å²) in [6, 6.07) is 15.1. The van der Waals surface area contributed by atoms with Gasteiger partial charge in [-0.25, -0.2) is 4.79 Å². The van der Waals surface area contributed by atoms with Gasteiger partial charge < -0.3 is 19.2 Å². The van der Waals surface area contributed by atoms with E-state index in [9.17, 15) is 9.59 Å². The first kappa shape index (κ1) is 18.5. The van der Waals surface area contributed by atoms with Gasteiger partial charge in [-0.3, -0.25) is 9.69 Å². The molecule has 0 saturated heterocycles. The van der Waals surface area contributed by atoms with Gasteiger partial charge in [0.15, 0.2) is 0 Å². The third kappa shape index (κ3) is 3.07. The number of hydrogen-bond acceptors (Lipinski definition) is 3. The van der Waals surface area contributed by atoms with Gasteiger partial charge in [0.25, 0.3) is 0 Å². The van der Waals surface area contributed by atoms with Crippen LogP contribution in [-0.4, -0.2) is 40.5 Å². The average Bonchev–Trinajstić information content (AvgIpc) is 3.24. The van der Waals surface area contributed by atoms with E-state index < -0.39 is 6.04 Å². The van der Waals surface area contributed by atoms with Crippen LogP contribution in [0.4, 0.5) is 10.5 Å². The van der Waals surface area contributed by atoms with Crippen molar-refractivity contribution in [3.8, 4) is 5.69 Å². The molecular weight excluding hydrogens is 380 g/mol. The minimum absolute atomic E-state index is 0.0305. The van der Waals surface area contributed by atoms with Gasteiger partial charge in [0.05, 0.1) is 23.3 Å². The topological polar surface area (TPSA) is 70.7 Å². The molecular formula is C23H24N4O3. The van der Waals surface area contributed by atoms with E-state index in [2.05, 4.69) is 9.88 Å². The molecule has 3 amide bonds. The second-order valence-corrected chi connectivity index (χ2v) is 7.67. The van der Waals surface area contributed by atoms with Crippen LogP contribution in [0.3, 0.4) is 0 Å². The molecule has 154 valence electrons. The summed E-state index contributed by atoms with van der Waals surface area (Å²) >= 11 is 0. The van der Waals surface area contributed by atoms with E-state index in [0.29, 0.717) is 12.3 Å². The summed E-state index contributed by atoms with van der Waals surface area (Å²) in [6.07, 6.45) is 5.49. The molecule has 30 heavy (non-hydrogen) atoms. The number of benzene rings is 1. The molecule has 1 aliphatic carbocycles. The van der Waals surface area contributed by atoms with Crippen molar-refractivity contribution in [1.82, 2.24) is 14.8 Å². The molecule has 3 aromatic rings. The van der Waals surface area contributed by atoms with Crippen molar-refractivity contribution in [3.63, 3.8) is 0 Å². The van der Waals surface area contributed by atoms with Crippen molar-refractivity contribution in [2.24, 2.45) is 0 Å². The maximum atomic E-state index is 13.7. The summed E-state index contributed by atoms with van der Waals surface area (Å²) in [5.74, 6) is 0.559. The van der Waals surface area contributed by atoms with Crippen LogP contribution in [0.25, 0.3) is 5.69 Å². The lowest BCUT2D eigenvalue weighted by Gasteiger charge is -2.38. The van der Waals surface area contributed by atoms with E-state index in [-0.39, 0.29) is 24.5 Å². The highest BCUT2D eigenvalue weighted by Gasteiger charge is 2.40. The number of rotatable bonds is 5. The summed E-state index contributed by atoms with van der Waals surface area (Å²) in [5.41, 5.74) is 2.69. The standard InChI is InChI=1S/C23H24N4O3/c1-2-24-23(29)26(16-11-12-16)15-21(28)27-18-8-4-3-7-17(18)25-13-5-9-19(25)22(27)20-10-6-14-30-20/h3-10,13-14,16,22H,2,11-12,15H2,1H3,(H,24,29)/t22-/m1/s1. The van der Waals surface area contributed by atoms with Crippen LogP contribution < -0.4 is 10.2 Å². The highest BCUT2D eigenvalue weighted by molar-refractivity contribution is 6.00. The van der Waals surface area contributed by atoms with E-state index in [1.807, 2.05) is 61.7 Å². The van der Waals surface area contributed by atoms with Crippen LogP contribution in [0.2, 0.25) is 0 Å². The Morgan fingerprint density at radius 3 is 2.60 bits per heavy atom. The van der Waals surface area contributed by atoms with Crippen molar-refractivity contribution in [2.45, 2.75) is 31.8 Å². The first-order chi connectivity index (χ1) is 14.7. The fraction of sp³-hybridized carbons (Fsp3) is 0.304. The molecule has 2 aliphatic rings. The Kier molecular flexibility index (Phi) is 4.58. The van der Waals surface area contributed by atoms with Crippen molar-refractivity contribution in [3.05, 3.63) is 72.4 Å². The van der Waals surface area contributed by atoms with Gasteiger partial charge in [0.1, 0.15) is 18.3 Å². The Labute approximate surface area is 174 Å². The molecule has 1 aromatic carbocycles. The molecule has 5 rings (SSSR count). The quantitative estimate of drug-likeness (QED) is 0.705. The van der Waals surface area contributed by atoms with Crippen molar-refractivity contribution < 1.29 is 14.0 Å². The SMILES string of the molecule is CCNC(=O)N(CC(=O)N1c2ccccc2-n2cccc2[C@@H]1c1ccco1)C1CC1. The van der Waals surface area contributed by atoms with E-state index in [1.165, 1.54) is 0 Å². The average molecular weight is 404 g/mol. The number of aromatic nitrogens is 1. The van der Waals surface area contributed by atoms with Crippen LogP contribution >= 0.6 is 0 Å². The zero-order valence-electron chi connectivity index (χ0n) is 16.8. The van der Waals surface area contributed by atoms with Gasteiger partial charge in [-0.2, -0.15) is 0 Å². The molecule has 1 N–H and O–H groups in total. The molecule has 7 nitrogen and oxygen atoms in total. The molecule has 1 saturated carbocycles. The number of nitrogens with one attached hydrogen (secondary N) is 1. The smallest absolute Gasteiger partial charge is 0.318 e. The molecule has 3 heterocycles. The Morgan fingerprint density at radius 2 is 1.90 bits per heavy atom. The Hall–Kier alpha value is -3.48. The summed E-state index contributed by atoms with van der Waals surface area (Å²) in [7, 11) is 0. The summed E-state index contributed by atoms with van der Waals surface area (Å²) < 4.78 is 7.84. The third-order valence-electron chi connectivity index (χ3n) is 5.68. The molecule has 2 aromatic heterocycles. The fourth-order valence-corrected chi connectivity index (χ4v) is 4.21. The van der Waals surface area contributed by atoms with E-state index in [1.54, 1.807) is 16.1 Å². The zero-order valence-corrected chi connectivity index (χ0v) is 16.8. The van der Waals surface area contributed by atoms with Crippen molar-refractivity contribution >= 4 is 17.6 Å². The maximum Gasteiger partial charge on any atom is 0.318 e. The number of furan rings is 1. The normalized spacial score (nSPS) is 17.2. The number of para-hydroxylation sites is 2. The molecule has 7 heteroatoms. The molecule has 1 atom stereocenters. The second kappa shape index (κ2) is 7.40. The maximum absolute atomic E-state index is 13.7. The van der Waals surface area contributed by atoms with Crippen LogP contribution in [0.5, 0.6) is 0 Å². The van der Waals surface area contributed by atoms with Gasteiger partial charge in [-0.15, -0.1) is 0 Å². The van der Waals surface area contributed by atoms with Crippen LogP contribution in [0.15, 0.2) is 65.4 Å². The van der Waals surface area contributed by atoms with Crippen molar-refractivity contribution in [2.75, 3.05) is 18.0 Å². The monoisotopic (exact) mass is 404 g/mol. The summed E-state index contributed by atoms with van der Waals surface area (Å²) in [4.78, 5) is 29.7. The van der Waals surface area contributed by atoms with Crippen LogP contribution in [-0.2, 0) is 4.79 Å². The number of carbonyl (C=O) groups excluding carboxylic acids is 2. The first-order valence-electron chi connectivity index (χ1n) is 10.4. The lowest BCUT2D eigenvalue weighted by atomic mass is 10.0. The van der Waals surface area contributed by atoms with Crippen molar-refractivity contribution in [1.29, 1.82) is 0 Å². The van der Waals surface area contributed by atoms with Gasteiger partial charge in [0, 0.05) is 18.8 Å². The second-order valence-electron chi connectivity index (χ2n) is 7.67. The predicted octanol–water partition coefficient (Wildman–Crippen LogP) is 3.70. The Balaban J connectivity index is 1.56. The van der Waals surface area contributed by atoms with Crippen LogP contribution in [0, 0.1) is 0 Å². The van der Waals surface area contributed by atoms with Gasteiger partial charge in [0.2, 0.25) is 5.91 Å². The Morgan fingerprint density at radius 1 is 1.10 bits per heavy atom. The van der Waals surface area contributed by atoms with Gasteiger partial charge in [-0.05, 0) is 56.2 Å². The molecule has 1 aliphatic heterocycles. The molecule has 0 unspecified atom stereocenters. The lowest BCUT2D eigenvalue weighted by Crippen LogP contribution is -2.49.